The Morgan fingerprint density at radius 1 is 1.06 bits per heavy atom. The Bertz CT molecular complexity index is 1170. The predicted octanol–water partition coefficient (Wildman–Crippen LogP) is 1.45. The van der Waals surface area contributed by atoms with Gasteiger partial charge in [0.2, 0.25) is 16.8 Å². The minimum Gasteiger partial charge on any atom is -0.454 e. The van der Waals surface area contributed by atoms with Crippen LogP contribution in [0.4, 0.5) is 0 Å². The normalized spacial score (nSPS) is 16.5. The van der Waals surface area contributed by atoms with E-state index in [2.05, 4.69) is 5.32 Å². The lowest BCUT2D eigenvalue weighted by Gasteiger charge is -2.33. The van der Waals surface area contributed by atoms with Crippen molar-refractivity contribution >= 4 is 15.9 Å². The summed E-state index contributed by atoms with van der Waals surface area (Å²) in [5, 5.41) is 12.2. The molecule has 2 aromatic rings. The highest BCUT2D eigenvalue weighted by Gasteiger charge is 2.28. The second-order valence-corrected chi connectivity index (χ2v) is 9.22. The van der Waals surface area contributed by atoms with Gasteiger partial charge in [-0.2, -0.15) is 9.57 Å². The summed E-state index contributed by atoms with van der Waals surface area (Å²) in [6.45, 7) is 1.71. The lowest BCUT2D eigenvalue weighted by atomic mass is 10.2. The van der Waals surface area contributed by atoms with E-state index in [0.717, 1.165) is 5.56 Å². The molecular formula is C22H22N4O5S. The molecule has 32 heavy (non-hydrogen) atoms. The van der Waals surface area contributed by atoms with E-state index in [0.29, 0.717) is 24.6 Å². The molecule has 2 heterocycles. The molecule has 0 saturated carbocycles. The number of ether oxygens (including phenoxy) is 2. The molecule has 0 radical (unpaired) electrons. The second-order valence-electron chi connectivity index (χ2n) is 7.28. The fourth-order valence-corrected chi connectivity index (χ4v) is 4.91. The van der Waals surface area contributed by atoms with Gasteiger partial charge in [0, 0.05) is 38.9 Å². The van der Waals surface area contributed by atoms with Crippen LogP contribution in [0.3, 0.4) is 0 Å². The lowest BCUT2D eigenvalue weighted by Crippen LogP contribution is -2.47. The highest BCUT2D eigenvalue weighted by molar-refractivity contribution is 7.89. The van der Waals surface area contributed by atoms with Crippen molar-refractivity contribution in [3.05, 3.63) is 65.9 Å². The number of benzene rings is 2. The number of carbonyl (C=O) groups excluding carboxylic acids is 1. The molecule has 1 amide bonds. The summed E-state index contributed by atoms with van der Waals surface area (Å²) >= 11 is 0. The van der Waals surface area contributed by atoms with E-state index in [4.69, 9.17) is 9.47 Å². The third kappa shape index (κ3) is 4.69. The molecule has 1 fully saturated rings. The Balaban J connectivity index is 1.33. The zero-order valence-electron chi connectivity index (χ0n) is 17.2. The minimum atomic E-state index is -3.56. The first kappa shape index (κ1) is 21.7. The van der Waals surface area contributed by atoms with Gasteiger partial charge < -0.3 is 19.7 Å². The molecule has 1 N–H and O–H groups in total. The third-order valence-corrected chi connectivity index (χ3v) is 7.13. The monoisotopic (exact) mass is 454 g/mol. The maximum absolute atomic E-state index is 12.7. The molecule has 1 saturated heterocycles. The summed E-state index contributed by atoms with van der Waals surface area (Å²) in [6, 6.07) is 15.6. The standard InChI is InChI=1S/C22H22N4O5S/c23-13-18(22(27)24-14-17-6-7-20-21(12-17)31-16-30-20)15-25-8-10-26(11-9-25)32(28,29)19-4-2-1-3-5-19/h1-7,12,15H,8-11,14,16H2,(H,24,27)/b18-15-. The number of nitriles is 1. The molecule has 10 heteroatoms. The first-order chi connectivity index (χ1) is 15.5. The van der Waals surface area contributed by atoms with Crippen LogP contribution in [0.1, 0.15) is 5.56 Å². The Morgan fingerprint density at radius 2 is 1.78 bits per heavy atom. The molecule has 0 unspecified atom stereocenters. The molecule has 2 aliphatic heterocycles. The molecule has 2 aromatic carbocycles. The number of amides is 1. The minimum absolute atomic E-state index is 0.0369. The number of piperazine rings is 1. The van der Waals surface area contributed by atoms with Gasteiger partial charge in [-0.25, -0.2) is 8.42 Å². The van der Waals surface area contributed by atoms with Gasteiger partial charge >= 0.3 is 0 Å². The van der Waals surface area contributed by atoms with Crippen molar-refractivity contribution in [1.82, 2.24) is 14.5 Å². The highest BCUT2D eigenvalue weighted by atomic mass is 32.2. The molecule has 0 aliphatic carbocycles. The van der Waals surface area contributed by atoms with Crippen LogP contribution in [0.5, 0.6) is 11.5 Å². The van der Waals surface area contributed by atoms with Gasteiger partial charge in [-0.05, 0) is 29.8 Å². The van der Waals surface area contributed by atoms with E-state index in [-0.39, 0.29) is 36.9 Å². The summed E-state index contributed by atoms with van der Waals surface area (Å²) in [5.41, 5.74) is 0.782. The zero-order chi connectivity index (χ0) is 22.6. The fourth-order valence-electron chi connectivity index (χ4n) is 3.46. The van der Waals surface area contributed by atoms with Gasteiger partial charge in [-0.1, -0.05) is 24.3 Å². The predicted molar refractivity (Wildman–Crippen MR) is 115 cm³/mol. The molecule has 2 aliphatic rings. The van der Waals surface area contributed by atoms with Crippen molar-refractivity contribution in [3.63, 3.8) is 0 Å². The van der Waals surface area contributed by atoms with Crippen LogP contribution in [-0.4, -0.2) is 56.5 Å². The number of fused-ring (bicyclic) bond motifs is 1. The second kappa shape index (κ2) is 9.30. The van der Waals surface area contributed by atoms with E-state index < -0.39 is 15.9 Å². The molecular weight excluding hydrogens is 432 g/mol. The number of hydrogen-bond donors (Lipinski definition) is 1. The third-order valence-electron chi connectivity index (χ3n) is 5.22. The van der Waals surface area contributed by atoms with Gasteiger partial charge in [-0.3, -0.25) is 4.79 Å². The van der Waals surface area contributed by atoms with Crippen molar-refractivity contribution in [2.45, 2.75) is 11.4 Å². The van der Waals surface area contributed by atoms with Gasteiger partial charge in [-0.15, -0.1) is 0 Å². The SMILES string of the molecule is N#C/C(=C/N1CCN(S(=O)(=O)c2ccccc2)CC1)C(=O)NCc1ccc2c(c1)OCO2. The van der Waals surface area contributed by atoms with Crippen LogP contribution in [0.15, 0.2) is 65.2 Å². The van der Waals surface area contributed by atoms with Crippen LogP contribution in [0.25, 0.3) is 0 Å². The number of hydrogen-bond acceptors (Lipinski definition) is 7. The van der Waals surface area contributed by atoms with Crippen molar-refractivity contribution in [2.75, 3.05) is 33.0 Å². The zero-order valence-corrected chi connectivity index (χ0v) is 18.0. The van der Waals surface area contributed by atoms with E-state index >= 15 is 0 Å². The smallest absolute Gasteiger partial charge is 0.263 e. The van der Waals surface area contributed by atoms with Crippen LogP contribution < -0.4 is 14.8 Å². The summed E-state index contributed by atoms with van der Waals surface area (Å²) in [5.74, 6) is 0.784. The quantitative estimate of drug-likeness (QED) is 0.519. The number of carbonyl (C=O) groups is 1. The summed E-state index contributed by atoms with van der Waals surface area (Å²) < 4.78 is 37.5. The van der Waals surface area contributed by atoms with Gasteiger partial charge in [0.1, 0.15) is 11.6 Å². The largest absolute Gasteiger partial charge is 0.454 e. The summed E-state index contributed by atoms with van der Waals surface area (Å²) in [7, 11) is -3.56. The molecule has 166 valence electrons. The highest BCUT2D eigenvalue weighted by Crippen LogP contribution is 2.32. The first-order valence-corrected chi connectivity index (χ1v) is 11.5. The van der Waals surface area contributed by atoms with Crippen LogP contribution in [0, 0.1) is 11.3 Å². The van der Waals surface area contributed by atoms with E-state index in [1.165, 1.54) is 10.5 Å². The molecule has 0 spiro atoms. The van der Waals surface area contributed by atoms with E-state index in [9.17, 15) is 18.5 Å². The number of nitrogens with one attached hydrogen (secondary N) is 1. The van der Waals surface area contributed by atoms with Crippen molar-refractivity contribution < 1.29 is 22.7 Å². The Labute approximate surface area is 186 Å². The van der Waals surface area contributed by atoms with Crippen molar-refractivity contribution in [2.24, 2.45) is 0 Å². The van der Waals surface area contributed by atoms with E-state index in [1.807, 2.05) is 12.1 Å². The van der Waals surface area contributed by atoms with Crippen molar-refractivity contribution in [1.29, 1.82) is 5.26 Å². The topological polar surface area (TPSA) is 112 Å². The van der Waals surface area contributed by atoms with E-state index in [1.54, 1.807) is 47.4 Å². The average molecular weight is 455 g/mol. The Hall–Kier alpha value is -3.55. The van der Waals surface area contributed by atoms with Crippen molar-refractivity contribution in [3.8, 4) is 17.6 Å². The molecule has 0 aromatic heterocycles. The van der Waals surface area contributed by atoms with Crippen LogP contribution in [0.2, 0.25) is 0 Å². The first-order valence-electron chi connectivity index (χ1n) is 10.1. The molecule has 0 atom stereocenters. The molecule has 9 nitrogen and oxygen atoms in total. The Kier molecular flexibility index (Phi) is 6.30. The number of sulfonamides is 1. The average Bonchev–Trinajstić information content (AvgIpc) is 3.30. The Morgan fingerprint density at radius 3 is 2.50 bits per heavy atom. The van der Waals surface area contributed by atoms with Gasteiger partial charge in [0.05, 0.1) is 4.90 Å². The molecule has 0 bridgehead atoms. The van der Waals surface area contributed by atoms with Gasteiger partial charge in [0.25, 0.3) is 5.91 Å². The van der Waals surface area contributed by atoms with Crippen LogP contribution in [-0.2, 0) is 21.4 Å². The maximum atomic E-state index is 12.7. The maximum Gasteiger partial charge on any atom is 0.263 e. The van der Waals surface area contributed by atoms with Crippen LogP contribution >= 0.6 is 0 Å². The molecule has 4 rings (SSSR count). The lowest BCUT2D eigenvalue weighted by molar-refractivity contribution is -0.117. The summed E-state index contributed by atoms with van der Waals surface area (Å²) in [6.07, 6.45) is 1.49. The van der Waals surface area contributed by atoms with Gasteiger partial charge in [0.15, 0.2) is 11.5 Å². The number of rotatable bonds is 6. The fraction of sp³-hybridized carbons (Fsp3) is 0.273. The summed E-state index contributed by atoms with van der Waals surface area (Å²) in [4.78, 5) is 14.5. The number of nitrogens with zero attached hydrogens (tertiary/aromatic N) is 3.